The number of carbonyl (C=O) groups is 1. The molecule has 3 nitrogen and oxygen atoms in total. The molecule has 3 heteroatoms. The summed E-state index contributed by atoms with van der Waals surface area (Å²) >= 11 is 0. The van der Waals surface area contributed by atoms with Gasteiger partial charge in [-0.3, -0.25) is 4.79 Å². The number of carbonyl (C=O) groups excluding carboxylic acids is 1. The van der Waals surface area contributed by atoms with Crippen LogP contribution in [0.3, 0.4) is 0 Å². The zero-order valence-corrected chi connectivity index (χ0v) is 6.70. The number of hydrogen-bond acceptors (Lipinski definition) is 2. The third-order valence-electron chi connectivity index (χ3n) is 1.58. The standard InChI is InChI=1S/C8H11NO2/c1-7-4-3-5-9(7)6-8(10)11-2/h3-5H,6H2,1-2H3. The van der Waals surface area contributed by atoms with Crippen LogP contribution in [-0.2, 0) is 16.1 Å². The SMILES string of the molecule is COC(=O)Cn1cccc1C. The van der Waals surface area contributed by atoms with Gasteiger partial charge in [0.2, 0.25) is 0 Å². The van der Waals surface area contributed by atoms with Crippen LogP contribution in [0.25, 0.3) is 0 Å². The highest BCUT2D eigenvalue weighted by atomic mass is 16.5. The largest absolute Gasteiger partial charge is 0.468 e. The van der Waals surface area contributed by atoms with Gasteiger partial charge >= 0.3 is 5.97 Å². The third-order valence-corrected chi connectivity index (χ3v) is 1.58. The molecule has 0 atom stereocenters. The van der Waals surface area contributed by atoms with Crippen LogP contribution in [0.1, 0.15) is 5.69 Å². The average Bonchev–Trinajstić information content (AvgIpc) is 2.37. The van der Waals surface area contributed by atoms with Gasteiger partial charge in [0.15, 0.2) is 0 Å². The molecule has 1 rings (SSSR count). The lowest BCUT2D eigenvalue weighted by atomic mass is 10.5. The van der Waals surface area contributed by atoms with Gasteiger partial charge in [0, 0.05) is 11.9 Å². The Morgan fingerprint density at radius 2 is 2.45 bits per heavy atom. The van der Waals surface area contributed by atoms with E-state index in [2.05, 4.69) is 4.74 Å². The summed E-state index contributed by atoms with van der Waals surface area (Å²) in [6, 6.07) is 3.85. The van der Waals surface area contributed by atoms with Crippen LogP contribution in [-0.4, -0.2) is 17.6 Å². The Morgan fingerprint density at radius 3 is 2.91 bits per heavy atom. The van der Waals surface area contributed by atoms with Gasteiger partial charge in [0.05, 0.1) is 7.11 Å². The maximum Gasteiger partial charge on any atom is 0.325 e. The zero-order chi connectivity index (χ0) is 8.27. The van der Waals surface area contributed by atoms with Gasteiger partial charge in [-0.15, -0.1) is 0 Å². The molecule has 1 heterocycles. The summed E-state index contributed by atoms with van der Waals surface area (Å²) in [6.07, 6.45) is 1.85. The molecule has 0 aromatic carbocycles. The normalized spacial score (nSPS) is 9.64. The number of hydrogen-bond donors (Lipinski definition) is 0. The molecule has 11 heavy (non-hydrogen) atoms. The minimum Gasteiger partial charge on any atom is -0.468 e. The Morgan fingerprint density at radius 1 is 1.73 bits per heavy atom. The maximum absolute atomic E-state index is 10.8. The maximum atomic E-state index is 10.8. The van der Waals surface area contributed by atoms with Gasteiger partial charge in [-0.1, -0.05) is 0 Å². The van der Waals surface area contributed by atoms with Crippen molar-refractivity contribution >= 4 is 5.97 Å². The zero-order valence-electron chi connectivity index (χ0n) is 6.70. The fourth-order valence-corrected chi connectivity index (χ4v) is 0.881. The quantitative estimate of drug-likeness (QED) is 0.593. The summed E-state index contributed by atoms with van der Waals surface area (Å²) in [5, 5.41) is 0. The first-order chi connectivity index (χ1) is 5.24. The van der Waals surface area contributed by atoms with E-state index in [4.69, 9.17) is 0 Å². The van der Waals surface area contributed by atoms with Crippen LogP contribution in [0.4, 0.5) is 0 Å². The molecule has 0 amide bonds. The van der Waals surface area contributed by atoms with Gasteiger partial charge in [-0.05, 0) is 19.1 Å². The van der Waals surface area contributed by atoms with Gasteiger partial charge in [-0.2, -0.15) is 0 Å². The summed E-state index contributed by atoms with van der Waals surface area (Å²) in [4.78, 5) is 10.8. The Balaban J connectivity index is 2.64. The van der Waals surface area contributed by atoms with Crippen LogP contribution >= 0.6 is 0 Å². The third kappa shape index (κ3) is 1.83. The van der Waals surface area contributed by atoms with Crippen LogP contribution < -0.4 is 0 Å². The monoisotopic (exact) mass is 153 g/mol. The average molecular weight is 153 g/mol. The molecule has 60 valence electrons. The second-order valence-corrected chi connectivity index (χ2v) is 2.35. The van der Waals surface area contributed by atoms with Crippen molar-refractivity contribution in [2.75, 3.05) is 7.11 Å². The van der Waals surface area contributed by atoms with E-state index >= 15 is 0 Å². The van der Waals surface area contributed by atoms with E-state index in [1.165, 1.54) is 7.11 Å². The summed E-state index contributed by atoms with van der Waals surface area (Å²) < 4.78 is 6.36. The van der Waals surface area contributed by atoms with Crippen LogP contribution in [0.15, 0.2) is 18.3 Å². The minimum atomic E-state index is -0.218. The molecular weight excluding hydrogens is 142 g/mol. The summed E-state index contributed by atoms with van der Waals surface area (Å²) in [5.41, 5.74) is 1.07. The molecule has 0 aliphatic carbocycles. The summed E-state index contributed by atoms with van der Waals surface area (Å²) in [6.45, 7) is 2.25. The molecule has 1 aromatic heterocycles. The van der Waals surface area contributed by atoms with Crippen molar-refractivity contribution in [2.45, 2.75) is 13.5 Å². The van der Waals surface area contributed by atoms with E-state index in [1.54, 1.807) is 0 Å². The number of aryl methyl sites for hydroxylation is 1. The Bertz CT molecular complexity index is 252. The highest BCUT2D eigenvalue weighted by Crippen LogP contribution is 1.99. The molecule has 0 aliphatic heterocycles. The van der Waals surface area contributed by atoms with Crippen molar-refractivity contribution in [3.05, 3.63) is 24.0 Å². The molecular formula is C8H11NO2. The highest BCUT2D eigenvalue weighted by molar-refractivity contribution is 5.69. The second kappa shape index (κ2) is 3.23. The minimum absolute atomic E-state index is 0.218. The van der Waals surface area contributed by atoms with Gasteiger partial charge in [-0.25, -0.2) is 0 Å². The number of rotatable bonds is 2. The van der Waals surface area contributed by atoms with Crippen molar-refractivity contribution in [3.8, 4) is 0 Å². The second-order valence-electron chi connectivity index (χ2n) is 2.35. The smallest absolute Gasteiger partial charge is 0.325 e. The van der Waals surface area contributed by atoms with Crippen molar-refractivity contribution in [1.82, 2.24) is 4.57 Å². The molecule has 0 N–H and O–H groups in total. The first kappa shape index (κ1) is 7.85. The Labute approximate surface area is 65.6 Å². The number of nitrogens with zero attached hydrogens (tertiary/aromatic N) is 1. The Kier molecular flexibility index (Phi) is 2.31. The van der Waals surface area contributed by atoms with Crippen LogP contribution in [0.5, 0.6) is 0 Å². The van der Waals surface area contributed by atoms with E-state index in [9.17, 15) is 4.79 Å². The first-order valence-electron chi connectivity index (χ1n) is 3.42. The number of aromatic nitrogens is 1. The van der Waals surface area contributed by atoms with Gasteiger partial charge in [0.25, 0.3) is 0 Å². The lowest BCUT2D eigenvalue weighted by molar-refractivity contribution is -0.141. The summed E-state index contributed by atoms with van der Waals surface area (Å²) in [7, 11) is 1.39. The molecule has 0 radical (unpaired) electrons. The van der Waals surface area contributed by atoms with Crippen molar-refractivity contribution in [2.24, 2.45) is 0 Å². The fraction of sp³-hybridized carbons (Fsp3) is 0.375. The van der Waals surface area contributed by atoms with E-state index in [1.807, 2.05) is 29.8 Å². The van der Waals surface area contributed by atoms with Crippen molar-refractivity contribution in [1.29, 1.82) is 0 Å². The molecule has 0 saturated carbocycles. The van der Waals surface area contributed by atoms with Gasteiger partial charge in [0.1, 0.15) is 6.54 Å². The topological polar surface area (TPSA) is 31.2 Å². The van der Waals surface area contributed by atoms with Crippen molar-refractivity contribution in [3.63, 3.8) is 0 Å². The summed E-state index contributed by atoms with van der Waals surface area (Å²) in [5.74, 6) is -0.218. The fourth-order valence-electron chi connectivity index (χ4n) is 0.881. The molecule has 0 aliphatic rings. The van der Waals surface area contributed by atoms with Crippen LogP contribution in [0.2, 0.25) is 0 Å². The van der Waals surface area contributed by atoms with E-state index < -0.39 is 0 Å². The van der Waals surface area contributed by atoms with Crippen LogP contribution in [0, 0.1) is 6.92 Å². The molecule has 0 saturated heterocycles. The van der Waals surface area contributed by atoms with E-state index in [-0.39, 0.29) is 5.97 Å². The molecule has 0 fully saturated rings. The number of ether oxygens (including phenoxy) is 1. The van der Waals surface area contributed by atoms with E-state index in [0.717, 1.165) is 5.69 Å². The molecule has 0 spiro atoms. The lowest BCUT2D eigenvalue weighted by Gasteiger charge is -2.02. The molecule has 0 unspecified atom stereocenters. The lowest BCUT2D eigenvalue weighted by Crippen LogP contribution is -2.11. The first-order valence-corrected chi connectivity index (χ1v) is 3.42. The Hall–Kier alpha value is -1.25. The predicted molar refractivity (Wildman–Crippen MR) is 41.2 cm³/mol. The molecule has 0 bridgehead atoms. The van der Waals surface area contributed by atoms with Crippen molar-refractivity contribution < 1.29 is 9.53 Å². The van der Waals surface area contributed by atoms with E-state index in [0.29, 0.717) is 6.54 Å². The number of methoxy groups -OCH3 is 1. The highest BCUT2D eigenvalue weighted by Gasteiger charge is 2.01. The predicted octanol–water partition coefficient (Wildman–Crippen LogP) is 0.970. The number of esters is 1. The van der Waals surface area contributed by atoms with Gasteiger partial charge < -0.3 is 9.30 Å². The molecule has 1 aromatic rings.